The van der Waals surface area contributed by atoms with Gasteiger partial charge >= 0.3 is 0 Å². The van der Waals surface area contributed by atoms with Crippen molar-refractivity contribution >= 4 is 0 Å². The summed E-state index contributed by atoms with van der Waals surface area (Å²) >= 11 is 0. The number of benzene rings is 2. The quantitative estimate of drug-likeness (QED) is 0.746. The molecule has 0 aliphatic rings. The number of rotatable bonds is 5. The van der Waals surface area contributed by atoms with E-state index in [1.165, 1.54) is 0 Å². The molecular formula is C15H13NO2. The third-order valence-corrected chi connectivity index (χ3v) is 2.29. The average molecular weight is 239 g/mol. The van der Waals surface area contributed by atoms with Gasteiger partial charge in [-0.2, -0.15) is 5.26 Å². The second kappa shape index (κ2) is 6.31. The molecule has 0 amide bonds. The van der Waals surface area contributed by atoms with E-state index in [9.17, 15) is 0 Å². The maximum atomic E-state index is 8.40. The van der Waals surface area contributed by atoms with E-state index in [4.69, 9.17) is 14.7 Å². The van der Waals surface area contributed by atoms with Crippen molar-refractivity contribution in [1.29, 1.82) is 5.26 Å². The van der Waals surface area contributed by atoms with Crippen molar-refractivity contribution < 1.29 is 9.47 Å². The highest BCUT2D eigenvalue weighted by Crippen LogP contribution is 2.23. The predicted molar refractivity (Wildman–Crippen MR) is 68.7 cm³/mol. The van der Waals surface area contributed by atoms with E-state index in [1.54, 1.807) is 0 Å². The summed E-state index contributed by atoms with van der Waals surface area (Å²) in [6.07, 6.45) is 0.391. The van der Waals surface area contributed by atoms with E-state index in [0.29, 0.717) is 13.0 Å². The molecule has 0 saturated carbocycles. The largest absolute Gasteiger partial charge is 0.493 e. The van der Waals surface area contributed by atoms with Crippen molar-refractivity contribution in [3.63, 3.8) is 0 Å². The maximum Gasteiger partial charge on any atom is 0.127 e. The van der Waals surface area contributed by atoms with Crippen LogP contribution in [0.3, 0.4) is 0 Å². The van der Waals surface area contributed by atoms with Crippen LogP contribution in [0.5, 0.6) is 17.2 Å². The van der Waals surface area contributed by atoms with Gasteiger partial charge in [-0.15, -0.1) is 0 Å². The van der Waals surface area contributed by atoms with E-state index in [1.807, 2.05) is 60.7 Å². The van der Waals surface area contributed by atoms with Gasteiger partial charge in [0.1, 0.15) is 23.9 Å². The fourth-order valence-electron chi connectivity index (χ4n) is 1.44. The molecule has 3 heteroatoms. The number of para-hydroxylation sites is 1. The third-order valence-electron chi connectivity index (χ3n) is 2.29. The van der Waals surface area contributed by atoms with E-state index in [-0.39, 0.29) is 0 Å². The first kappa shape index (κ1) is 12.0. The van der Waals surface area contributed by atoms with Crippen LogP contribution < -0.4 is 9.47 Å². The first-order chi connectivity index (χ1) is 8.88. The lowest BCUT2D eigenvalue weighted by atomic mass is 10.3. The number of hydrogen-bond acceptors (Lipinski definition) is 3. The molecule has 90 valence electrons. The fraction of sp³-hybridized carbons (Fsp3) is 0.133. The Bertz CT molecular complexity index is 514. The zero-order chi connectivity index (χ0) is 12.6. The summed E-state index contributed by atoms with van der Waals surface area (Å²) in [6, 6.07) is 19.0. The Morgan fingerprint density at radius 1 is 0.833 bits per heavy atom. The second-order valence-corrected chi connectivity index (χ2v) is 3.64. The summed E-state index contributed by atoms with van der Waals surface area (Å²) in [5.74, 6) is 2.30. The third kappa shape index (κ3) is 3.53. The lowest BCUT2D eigenvalue weighted by Crippen LogP contribution is -1.95. The van der Waals surface area contributed by atoms with Crippen LogP contribution in [0.4, 0.5) is 0 Å². The molecule has 0 aliphatic heterocycles. The van der Waals surface area contributed by atoms with Crippen molar-refractivity contribution in [1.82, 2.24) is 0 Å². The van der Waals surface area contributed by atoms with Crippen LogP contribution in [-0.4, -0.2) is 6.61 Å². The SMILES string of the molecule is N#CCCOc1ccc(Oc2ccccc2)cc1. The zero-order valence-corrected chi connectivity index (χ0v) is 9.87. The van der Waals surface area contributed by atoms with Crippen LogP contribution in [0, 0.1) is 11.3 Å². The molecule has 0 radical (unpaired) electrons. The minimum absolute atomic E-state index is 0.391. The summed E-state index contributed by atoms with van der Waals surface area (Å²) in [7, 11) is 0. The number of ether oxygens (including phenoxy) is 2. The van der Waals surface area contributed by atoms with E-state index < -0.39 is 0 Å². The maximum absolute atomic E-state index is 8.40. The fourth-order valence-corrected chi connectivity index (χ4v) is 1.44. The minimum Gasteiger partial charge on any atom is -0.493 e. The molecule has 0 aromatic heterocycles. The van der Waals surface area contributed by atoms with Gasteiger partial charge in [-0.25, -0.2) is 0 Å². The van der Waals surface area contributed by atoms with Crippen molar-refractivity contribution in [3.05, 3.63) is 54.6 Å². The van der Waals surface area contributed by atoms with Crippen LogP contribution in [0.1, 0.15) is 6.42 Å². The Labute approximate surface area is 106 Å². The number of hydrogen-bond donors (Lipinski definition) is 0. The van der Waals surface area contributed by atoms with Gasteiger partial charge in [0, 0.05) is 0 Å². The molecular weight excluding hydrogens is 226 g/mol. The highest BCUT2D eigenvalue weighted by atomic mass is 16.5. The van der Waals surface area contributed by atoms with Gasteiger partial charge in [0.05, 0.1) is 12.5 Å². The highest BCUT2D eigenvalue weighted by Gasteiger charge is 1.97. The predicted octanol–water partition coefficient (Wildman–Crippen LogP) is 3.77. The monoisotopic (exact) mass is 239 g/mol. The summed E-state index contributed by atoms with van der Waals surface area (Å²) in [4.78, 5) is 0. The Kier molecular flexibility index (Phi) is 4.21. The molecule has 2 rings (SSSR count). The topological polar surface area (TPSA) is 42.2 Å². The normalized spacial score (nSPS) is 9.50. The molecule has 0 bridgehead atoms. The molecule has 2 aromatic carbocycles. The Morgan fingerprint density at radius 2 is 1.44 bits per heavy atom. The molecule has 0 unspecified atom stereocenters. The van der Waals surface area contributed by atoms with Gasteiger partial charge < -0.3 is 9.47 Å². The second-order valence-electron chi connectivity index (χ2n) is 3.64. The Morgan fingerprint density at radius 3 is 2.11 bits per heavy atom. The summed E-state index contributed by atoms with van der Waals surface area (Å²) in [6.45, 7) is 0.412. The molecule has 3 nitrogen and oxygen atoms in total. The van der Waals surface area contributed by atoms with Gasteiger partial charge in [-0.3, -0.25) is 0 Å². The van der Waals surface area contributed by atoms with Crippen molar-refractivity contribution in [2.24, 2.45) is 0 Å². The Balaban J connectivity index is 1.94. The summed E-state index contributed by atoms with van der Waals surface area (Å²) in [5.41, 5.74) is 0. The van der Waals surface area contributed by atoms with Crippen LogP contribution in [0.25, 0.3) is 0 Å². The molecule has 0 saturated heterocycles. The minimum atomic E-state index is 0.391. The summed E-state index contributed by atoms with van der Waals surface area (Å²) < 4.78 is 11.0. The molecule has 0 N–H and O–H groups in total. The van der Waals surface area contributed by atoms with E-state index in [2.05, 4.69) is 0 Å². The lowest BCUT2D eigenvalue weighted by Gasteiger charge is -2.07. The van der Waals surface area contributed by atoms with Crippen LogP contribution in [0.2, 0.25) is 0 Å². The molecule has 18 heavy (non-hydrogen) atoms. The van der Waals surface area contributed by atoms with Gasteiger partial charge in [0.2, 0.25) is 0 Å². The lowest BCUT2D eigenvalue weighted by molar-refractivity contribution is 0.326. The Hall–Kier alpha value is -2.47. The first-order valence-corrected chi connectivity index (χ1v) is 5.71. The standard InChI is InChI=1S/C15H13NO2/c16-11-4-12-17-13-7-9-15(10-8-13)18-14-5-2-1-3-6-14/h1-3,5-10H,4,12H2. The van der Waals surface area contributed by atoms with Gasteiger partial charge in [0.25, 0.3) is 0 Å². The summed E-state index contributed by atoms with van der Waals surface area (Å²) in [5, 5.41) is 8.40. The number of nitrogens with zero attached hydrogens (tertiary/aromatic N) is 1. The van der Waals surface area contributed by atoms with Crippen LogP contribution in [0.15, 0.2) is 54.6 Å². The average Bonchev–Trinajstić information content (AvgIpc) is 2.42. The van der Waals surface area contributed by atoms with Gasteiger partial charge in [-0.05, 0) is 36.4 Å². The van der Waals surface area contributed by atoms with E-state index >= 15 is 0 Å². The van der Waals surface area contributed by atoms with Crippen LogP contribution >= 0.6 is 0 Å². The molecule has 2 aromatic rings. The first-order valence-electron chi connectivity index (χ1n) is 5.71. The van der Waals surface area contributed by atoms with Gasteiger partial charge in [0.15, 0.2) is 0 Å². The van der Waals surface area contributed by atoms with Crippen molar-refractivity contribution in [2.75, 3.05) is 6.61 Å². The number of nitriles is 1. The molecule has 0 heterocycles. The molecule has 0 fully saturated rings. The van der Waals surface area contributed by atoms with Crippen LogP contribution in [-0.2, 0) is 0 Å². The van der Waals surface area contributed by atoms with E-state index in [0.717, 1.165) is 17.2 Å². The highest BCUT2D eigenvalue weighted by molar-refractivity contribution is 5.35. The van der Waals surface area contributed by atoms with Gasteiger partial charge in [-0.1, -0.05) is 18.2 Å². The molecule has 0 spiro atoms. The van der Waals surface area contributed by atoms with Crippen molar-refractivity contribution in [2.45, 2.75) is 6.42 Å². The molecule has 0 atom stereocenters. The van der Waals surface area contributed by atoms with Crippen molar-refractivity contribution in [3.8, 4) is 23.3 Å². The zero-order valence-electron chi connectivity index (χ0n) is 9.87. The smallest absolute Gasteiger partial charge is 0.127 e. The molecule has 0 aliphatic carbocycles.